The van der Waals surface area contributed by atoms with E-state index in [4.69, 9.17) is 4.74 Å². The summed E-state index contributed by atoms with van der Waals surface area (Å²) >= 11 is 1.16. The number of H-pyrrole nitrogens is 1. The normalized spacial score (nSPS) is 11.6. The third-order valence-electron chi connectivity index (χ3n) is 3.85. The van der Waals surface area contributed by atoms with E-state index in [0.29, 0.717) is 12.0 Å². The van der Waals surface area contributed by atoms with Crippen LogP contribution in [0.2, 0.25) is 0 Å². The fraction of sp³-hybridized carbons (Fsp3) is 0.200. The molecule has 4 nitrogen and oxygen atoms in total. The van der Waals surface area contributed by atoms with Gasteiger partial charge in [-0.1, -0.05) is 43.0 Å². The van der Waals surface area contributed by atoms with Crippen molar-refractivity contribution in [2.75, 3.05) is 6.61 Å². The summed E-state index contributed by atoms with van der Waals surface area (Å²) in [6, 6.07) is 12.0. The lowest BCUT2D eigenvalue weighted by atomic mass is 10.2. The number of aryl methyl sites for hydroxylation is 1. The molecule has 0 aliphatic heterocycles. The highest BCUT2D eigenvalue weighted by Gasteiger charge is 1.99. The van der Waals surface area contributed by atoms with Gasteiger partial charge in [0.25, 0.3) is 0 Å². The number of hydrogen-bond acceptors (Lipinski definition) is 4. The van der Waals surface area contributed by atoms with Gasteiger partial charge in [0.2, 0.25) is 0 Å². The van der Waals surface area contributed by atoms with Crippen LogP contribution in [0.4, 0.5) is 0 Å². The Morgan fingerprint density at radius 2 is 2.04 bits per heavy atom. The second kappa shape index (κ2) is 7.94. The lowest BCUT2D eigenvalue weighted by Crippen LogP contribution is -2.19. The number of nitrogens with zero attached hydrogens (tertiary/aromatic N) is 1. The summed E-state index contributed by atoms with van der Waals surface area (Å²) in [5, 5.41) is 0.650. The number of aromatic amines is 1. The molecule has 2 aromatic heterocycles. The van der Waals surface area contributed by atoms with E-state index in [-0.39, 0.29) is 4.87 Å². The molecule has 128 valence electrons. The number of nitrogens with one attached hydrogen (secondary N) is 1. The van der Waals surface area contributed by atoms with Crippen molar-refractivity contribution < 1.29 is 4.74 Å². The summed E-state index contributed by atoms with van der Waals surface area (Å²) in [5.41, 5.74) is 3.28. The Balaban J connectivity index is 1.59. The molecule has 0 aliphatic carbocycles. The highest BCUT2D eigenvalue weighted by atomic mass is 32.1. The quantitative estimate of drug-likeness (QED) is 0.740. The van der Waals surface area contributed by atoms with Gasteiger partial charge in [-0.15, -0.1) is 0 Å². The summed E-state index contributed by atoms with van der Waals surface area (Å²) in [6.45, 7) is 6.54. The van der Waals surface area contributed by atoms with Gasteiger partial charge in [-0.2, -0.15) is 0 Å². The second-order valence-corrected chi connectivity index (χ2v) is 6.70. The monoisotopic (exact) mass is 352 g/mol. The van der Waals surface area contributed by atoms with E-state index in [1.165, 1.54) is 5.56 Å². The summed E-state index contributed by atoms with van der Waals surface area (Å²) < 4.78 is 6.63. The Hall–Kier alpha value is -2.66. The maximum atomic E-state index is 11.3. The van der Waals surface area contributed by atoms with Crippen molar-refractivity contribution in [1.29, 1.82) is 0 Å². The molecule has 0 radical (unpaired) electrons. The minimum Gasteiger partial charge on any atom is -0.493 e. The fourth-order valence-electron chi connectivity index (χ4n) is 2.39. The molecule has 0 unspecified atom stereocenters. The van der Waals surface area contributed by atoms with Gasteiger partial charge in [-0.25, -0.2) is 0 Å². The molecule has 0 spiro atoms. The molecule has 0 bridgehead atoms. The maximum absolute atomic E-state index is 11.3. The molecule has 0 saturated carbocycles. The zero-order valence-electron chi connectivity index (χ0n) is 14.1. The molecule has 0 fully saturated rings. The fourth-order valence-corrected chi connectivity index (χ4v) is 3.13. The molecule has 0 saturated heterocycles. The van der Waals surface area contributed by atoms with Crippen LogP contribution >= 0.6 is 11.3 Å². The van der Waals surface area contributed by atoms with Gasteiger partial charge in [-0.3, -0.25) is 9.78 Å². The Bertz CT molecular complexity index is 986. The summed E-state index contributed by atoms with van der Waals surface area (Å²) in [5.74, 6) is 0.819. The Kier molecular flexibility index (Phi) is 5.46. The van der Waals surface area contributed by atoms with Crippen LogP contribution in [0.1, 0.15) is 23.7 Å². The molecule has 1 aromatic carbocycles. The summed E-state index contributed by atoms with van der Waals surface area (Å²) in [7, 11) is 0. The molecular formula is C20H20N2O2S. The van der Waals surface area contributed by atoms with Crippen molar-refractivity contribution in [2.24, 2.45) is 0 Å². The van der Waals surface area contributed by atoms with Crippen LogP contribution in [-0.4, -0.2) is 16.6 Å². The molecule has 1 N–H and O–H groups in total. The molecule has 2 heterocycles. The van der Waals surface area contributed by atoms with E-state index >= 15 is 0 Å². The van der Waals surface area contributed by atoms with Crippen LogP contribution in [-0.2, 0) is 12.8 Å². The van der Waals surface area contributed by atoms with E-state index in [1.807, 2.05) is 36.5 Å². The van der Waals surface area contributed by atoms with Gasteiger partial charge in [0.15, 0.2) is 0 Å². The first-order chi connectivity index (χ1) is 12.1. The number of ether oxygens (including phenoxy) is 1. The predicted octanol–water partition coefficient (Wildman–Crippen LogP) is 2.25. The van der Waals surface area contributed by atoms with Gasteiger partial charge in [-0.05, 0) is 41.8 Å². The Morgan fingerprint density at radius 3 is 2.64 bits per heavy atom. The molecule has 0 atom stereocenters. The van der Waals surface area contributed by atoms with Crippen LogP contribution in [0.5, 0.6) is 5.75 Å². The number of rotatable bonds is 6. The second-order valence-electron chi connectivity index (χ2n) is 5.68. The van der Waals surface area contributed by atoms with E-state index in [0.717, 1.165) is 45.7 Å². The Labute approximate surface area is 150 Å². The van der Waals surface area contributed by atoms with Gasteiger partial charge in [0.05, 0.1) is 16.5 Å². The first kappa shape index (κ1) is 17.2. The first-order valence-electron chi connectivity index (χ1n) is 8.20. The molecule has 3 aromatic rings. The van der Waals surface area contributed by atoms with Crippen LogP contribution in [0.15, 0.2) is 47.4 Å². The lowest BCUT2D eigenvalue weighted by Gasteiger charge is -2.06. The Morgan fingerprint density at radius 1 is 1.24 bits per heavy atom. The highest BCUT2D eigenvalue weighted by Crippen LogP contribution is 2.13. The van der Waals surface area contributed by atoms with Gasteiger partial charge < -0.3 is 9.72 Å². The molecule has 25 heavy (non-hydrogen) atoms. The SMILES string of the molecule is C=c1[nH]c(=O)s/c1=C\c1ccc(OCCc2ccc(CC)cn2)cc1. The van der Waals surface area contributed by atoms with Gasteiger partial charge in [0, 0.05) is 18.3 Å². The maximum Gasteiger partial charge on any atom is 0.305 e. The van der Waals surface area contributed by atoms with Crippen LogP contribution in [0.3, 0.4) is 0 Å². The smallest absolute Gasteiger partial charge is 0.305 e. The highest BCUT2D eigenvalue weighted by molar-refractivity contribution is 7.07. The minimum absolute atomic E-state index is 0.0863. The van der Waals surface area contributed by atoms with Crippen LogP contribution in [0, 0.1) is 0 Å². The van der Waals surface area contributed by atoms with Crippen molar-refractivity contribution in [3.63, 3.8) is 0 Å². The zero-order chi connectivity index (χ0) is 17.6. The summed E-state index contributed by atoms with van der Waals surface area (Å²) in [6.07, 6.45) is 5.64. The number of pyridine rings is 1. The van der Waals surface area contributed by atoms with Gasteiger partial charge in [0.1, 0.15) is 5.75 Å². The average molecular weight is 352 g/mol. The van der Waals surface area contributed by atoms with Crippen LogP contribution < -0.4 is 19.5 Å². The molecule has 3 rings (SSSR count). The third kappa shape index (κ3) is 4.67. The molecule has 0 aliphatic rings. The number of aromatic nitrogens is 2. The lowest BCUT2D eigenvalue weighted by molar-refractivity contribution is 0.320. The van der Waals surface area contributed by atoms with Crippen molar-refractivity contribution in [2.45, 2.75) is 19.8 Å². The van der Waals surface area contributed by atoms with E-state index in [9.17, 15) is 4.79 Å². The standard InChI is InChI=1S/C20H20N2O2S/c1-3-15-4-7-17(21-13-15)10-11-24-18-8-5-16(6-9-18)12-19-14(2)22-20(23)25-19/h4-9,12-13H,2-3,10-11H2,1H3,(H,22,23)/b19-12-. The van der Waals surface area contributed by atoms with Crippen molar-refractivity contribution in [1.82, 2.24) is 9.97 Å². The third-order valence-corrected chi connectivity index (χ3v) is 4.72. The average Bonchev–Trinajstić information content (AvgIpc) is 2.94. The molecule has 0 amide bonds. The minimum atomic E-state index is -0.0863. The van der Waals surface area contributed by atoms with Gasteiger partial charge >= 0.3 is 4.87 Å². The van der Waals surface area contributed by atoms with Crippen LogP contribution in [0.25, 0.3) is 12.7 Å². The zero-order valence-corrected chi connectivity index (χ0v) is 14.9. The van der Waals surface area contributed by atoms with E-state index < -0.39 is 0 Å². The number of thiazole rings is 1. The number of benzene rings is 1. The van der Waals surface area contributed by atoms with Crippen molar-refractivity contribution in [3.8, 4) is 5.75 Å². The first-order valence-corrected chi connectivity index (χ1v) is 9.02. The van der Waals surface area contributed by atoms with E-state index in [1.54, 1.807) is 0 Å². The van der Waals surface area contributed by atoms with E-state index in [2.05, 4.69) is 35.6 Å². The van der Waals surface area contributed by atoms with Crippen molar-refractivity contribution >= 4 is 24.0 Å². The molecular weight excluding hydrogens is 332 g/mol. The summed E-state index contributed by atoms with van der Waals surface area (Å²) in [4.78, 5) is 18.3. The molecule has 5 heteroatoms. The predicted molar refractivity (Wildman–Crippen MR) is 103 cm³/mol. The number of hydrogen-bond donors (Lipinski definition) is 1. The topological polar surface area (TPSA) is 55.0 Å². The largest absolute Gasteiger partial charge is 0.493 e. The van der Waals surface area contributed by atoms with Crippen molar-refractivity contribution in [3.05, 3.63) is 79.0 Å².